The van der Waals surface area contributed by atoms with E-state index >= 15 is 0 Å². The van der Waals surface area contributed by atoms with Crippen LogP contribution in [-0.2, 0) is 32.3 Å². The van der Waals surface area contributed by atoms with E-state index in [-0.39, 0.29) is 47.6 Å². The van der Waals surface area contributed by atoms with Crippen molar-refractivity contribution in [1.82, 2.24) is 29.9 Å². The highest BCUT2D eigenvalue weighted by molar-refractivity contribution is 6.00. The van der Waals surface area contributed by atoms with Crippen molar-refractivity contribution in [3.8, 4) is 22.5 Å². The number of anilines is 4. The van der Waals surface area contributed by atoms with Crippen LogP contribution in [0.5, 0.6) is 0 Å². The quantitative estimate of drug-likeness (QED) is 0.107. The van der Waals surface area contributed by atoms with E-state index in [0.29, 0.717) is 59.7 Å². The van der Waals surface area contributed by atoms with Crippen molar-refractivity contribution in [2.75, 3.05) is 36.3 Å². The maximum absolute atomic E-state index is 12.7. The number of nitrogens with one attached hydrogen (secondary N) is 2. The van der Waals surface area contributed by atoms with Crippen molar-refractivity contribution >= 4 is 56.6 Å². The summed E-state index contributed by atoms with van der Waals surface area (Å²) in [7, 11) is 3.28. The number of pyridine rings is 6. The van der Waals surface area contributed by atoms with E-state index in [1.54, 1.807) is 51.4 Å². The molecule has 0 radical (unpaired) electrons. The van der Waals surface area contributed by atoms with Gasteiger partial charge in [0.05, 0.1) is 36.4 Å². The molecular weight excluding hydrogens is 785 g/mol. The fourth-order valence-electron chi connectivity index (χ4n) is 9.80. The minimum atomic E-state index is -0.0737. The molecule has 62 heavy (non-hydrogen) atoms. The molecule has 0 spiro atoms. The molecule has 2 amide bonds. The van der Waals surface area contributed by atoms with Crippen molar-refractivity contribution in [1.29, 1.82) is 0 Å². The summed E-state index contributed by atoms with van der Waals surface area (Å²) in [6, 6.07) is 11.2. The number of hydrogen-bond donors (Lipinski definition) is 4. The number of amides is 2. The van der Waals surface area contributed by atoms with Crippen molar-refractivity contribution in [3.63, 3.8) is 0 Å². The Labute approximate surface area is 357 Å². The number of rotatable bonds is 10. The lowest BCUT2D eigenvalue weighted by Crippen LogP contribution is -2.19. The Morgan fingerprint density at radius 2 is 1.11 bits per heavy atom. The van der Waals surface area contributed by atoms with Gasteiger partial charge in [-0.05, 0) is 83.0 Å². The minimum absolute atomic E-state index is 0.0143. The summed E-state index contributed by atoms with van der Waals surface area (Å²) in [5, 5.41) is 8.96. The van der Waals surface area contributed by atoms with Crippen molar-refractivity contribution in [2.24, 2.45) is 35.5 Å². The summed E-state index contributed by atoms with van der Waals surface area (Å²) in [6.07, 6.45) is 13.9. The van der Waals surface area contributed by atoms with E-state index in [4.69, 9.17) is 34.1 Å². The van der Waals surface area contributed by atoms with E-state index in [1.807, 2.05) is 36.4 Å². The molecule has 2 unspecified atom stereocenters. The van der Waals surface area contributed by atoms with E-state index in [0.717, 1.165) is 69.5 Å². The van der Waals surface area contributed by atoms with Crippen LogP contribution in [0.1, 0.15) is 36.8 Å². The molecule has 6 N–H and O–H groups in total. The van der Waals surface area contributed by atoms with Gasteiger partial charge in [0.1, 0.15) is 23.3 Å². The molecule has 4 aliphatic carbocycles. The van der Waals surface area contributed by atoms with Gasteiger partial charge in [-0.2, -0.15) is 0 Å². The Kier molecular flexibility index (Phi) is 10.9. The third-order valence-electron chi connectivity index (χ3n) is 12.8. The Hall–Kier alpha value is -7.14. The molecule has 0 aromatic carbocycles. The normalized spacial score (nSPS) is 23.9. The summed E-state index contributed by atoms with van der Waals surface area (Å²) >= 11 is 0. The number of carbonyl (C=O) groups excluding carboxylic acids is 2. The number of methoxy groups -OCH3 is 2. The number of ether oxygens (including phenoxy) is 2. The number of nitrogen functional groups attached to an aromatic ring is 2. The van der Waals surface area contributed by atoms with Crippen LogP contribution in [0.15, 0.2) is 73.6 Å². The SMILES string of the molecule is [C-]#[N+][C@@H]1CC[C@H]2C(C(=O)Nc3cc4cc(-c5cnccc5COC)nc(N)c4cn3)[C@@H]12.[C-]#[N+][C@H]1CC[C@H]2C(C(=O)Nc3cc4cc(-c5cnccc5COC)nc(N)c4cn3)[C@@H]12. The molecule has 16 heteroatoms. The Bertz CT molecular complexity index is 2630. The molecule has 0 saturated heterocycles. The first kappa shape index (κ1) is 40.3. The summed E-state index contributed by atoms with van der Waals surface area (Å²) in [5.74, 6) is 2.52. The fraction of sp³-hybridized carbons (Fsp3) is 0.348. The topological polar surface area (TPSA) is 215 Å². The first-order valence-corrected chi connectivity index (χ1v) is 20.5. The van der Waals surface area contributed by atoms with Crippen LogP contribution in [0, 0.1) is 48.7 Å². The van der Waals surface area contributed by atoms with Gasteiger partial charge >= 0.3 is 0 Å². The van der Waals surface area contributed by atoms with Crippen LogP contribution in [0.3, 0.4) is 0 Å². The highest BCUT2D eigenvalue weighted by Crippen LogP contribution is 2.60. The zero-order valence-corrected chi connectivity index (χ0v) is 34.2. The lowest BCUT2D eigenvalue weighted by molar-refractivity contribution is -0.118. The standard InChI is InChI=1S/2C23H22N6O2/c2*1-25-17-4-3-14-20(17)21(14)23(30)29-19-8-13-7-18(28-22(24)16(13)10-27-19)15-9-26-6-5-12(15)11-31-2/h2*5-10,14,17,20-21H,3-4,11H2,2H3,(H2,24,28)(H,27,29,30)/t14-,17+,20-,21?;14-,17-,20-,21?/m11/s1. The summed E-state index contributed by atoms with van der Waals surface area (Å²) in [4.78, 5) is 59.0. The average molecular weight is 829 g/mol. The van der Waals surface area contributed by atoms with Crippen molar-refractivity contribution in [2.45, 2.75) is 51.0 Å². The zero-order chi connectivity index (χ0) is 43.1. The van der Waals surface area contributed by atoms with E-state index in [9.17, 15) is 9.59 Å². The molecule has 312 valence electrons. The summed E-state index contributed by atoms with van der Waals surface area (Å²) in [6.45, 7) is 15.5. The number of aromatic nitrogens is 6. The number of carbonyl (C=O) groups is 2. The Morgan fingerprint density at radius 3 is 1.52 bits per heavy atom. The van der Waals surface area contributed by atoms with Gasteiger partial charge < -0.3 is 41.3 Å². The van der Waals surface area contributed by atoms with Gasteiger partial charge in [-0.1, -0.05) is 0 Å². The second-order valence-corrected chi connectivity index (χ2v) is 16.4. The number of nitrogens with zero attached hydrogens (tertiary/aromatic N) is 8. The van der Waals surface area contributed by atoms with E-state index < -0.39 is 0 Å². The molecule has 8 atom stereocenters. The maximum Gasteiger partial charge on any atom is 0.229 e. The first-order valence-electron chi connectivity index (χ1n) is 20.5. The molecule has 0 aliphatic heterocycles. The average Bonchev–Trinajstić information content (AvgIpc) is 4.07. The molecule has 4 saturated carbocycles. The fourth-order valence-corrected chi connectivity index (χ4v) is 9.80. The van der Waals surface area contributed by atoms with Crippen LogP contribution in [0.4, 0.5) is 23.3 Å². The lowest BCUT2D eigenvalue weighted by Gasteiger charge is -2.11. The first-order chi connectivity index (χ1) is 30.2. The highest BCUT2D eigenvalue weighted by Gasteiger charge is 2.65. The molecule has 4 fully saturated rings. The summed E-state index contributed by atoms with van der Waals surface area (Å²) < 4.78 is 10.6. The smallest absolute Gasteiger partial charge is 0.229 e. The second-order valence-electron chi connectivity index (χ2n) is 16.4. The Morgan fingerprint density at radius 1 is 0.677 bits per heavy atom. The van der Waals surface area contributed by atoms with Gasteiger partial charge in [0, 0.05) is 98.0 Å². The Balaban J connectivity index is 0.000000158. The third kappa shape index (κ3) is 7.59. The van der Waals surface area contributed by atoms with Crippen molar-refractivity contribution < 1.29 is 19.1 Å². The molecule has 6 heterocycles. The molecular formula is C46H44N12O4. The molecule has 6 aromatic rings. The molecule has 6 aromatic heterocycles. The summed E-state index contributed by atoms with van der Waals surface area (Å²) in [5.41, 5.74) is 17.4. The van der Waals surface area contributed by atoms with Gasteiger partial charge in [-0.25, -0.2) is 33.1 Å². The van der Waals surface area contributed by atoms with Gasteiger partial charge in [-0.15, -0.1) is 0 Å². The van der Waals surface area contributed by atoms with Gasteiger partial charge in [0.2, 0.25) is 23.9 Å². The second kappa shape index (κ2) is 16.7. The molecule has 16 nitrogen and oxygen atoms in total. The predicted molar refractivity (Wildman–Crippen MR) is 233 cm³/mol. The predicted octanol–water partition coefficient (Wildman–Crippen LogP) is 6.61. The van der Waals surface area contributed by atoms with E-state index in [1.165, 1.54) is 0 Å². The van der Waals surface area contributed by atoms with Gasteiger partial charge in [-0.3, -0.25) is 19.6 Å². The monoisotopic (exact) mass is 828 g/mol. The zero-order valence-electron chi connectivity index (χ0n) is 34.2. The van der Waals surface area contributed by atoms with Gasteiger partial charge in [0.15, 0.2) is 0 Å². The maximum atomic E-state index is 12.7. The van der Waals surface area contributed by atoms with Crippen LogP contribution in [-0.4, -0.2) is 68.0 Å². The third-order valence-corrected chi connectivity index (χ3v) is 12.8. The number of fused-ring (bicyclic) bond motifs is 4. The van der Waals surface area contributed by atoms with Crippen molar-refractivity contribution in [3.05, 3.63) is 108 Å². The number of hydrogen-bond acceptors (Lipinski definition) is 12. The van der Waals surface area contributed by atoms with E-state index in [2.05, 4.69) is 50.2 Å². The van der Waals surface area contributed by atoms with Crippen LogP contribution in [0.25, 0.3) is 53.7 Å². The van der Waals surface area contributed by atoms with Crippen LogP contribution < -0.4 is 22.1 Å². The lowest BCUT2D eigenvalue weighted by atomic mass is 10.0. The minimum Gasteiger partial charge on any atom is -0.383 e. The van der Waals surface area contributed by atoms with Gasteiger partial charge in [0.25, 0.3) is 0 Å². The largest absolute Gasteiger partial charge is 0.383 e. The molecule has 0 bridgehead atoms. The number of nitrogens with two attached hydrogens (primary N) is 2. The molecule has 10 rings (SSSR count). The van der Waals surface area contributed by atoms with Crippen LogP contribution in [0.2, 0.25) is 0 Å². The molecule has 4 aliphatic rings. The van der Waals surface area contributed by atoms with Crippen LogP contribution >= 0.6 is 0 Å². The highest BCUT2D eigenvalue weighted by atomic mass is 16.5.